The lowest BCUT2D eigenvalue weighted by atomic mass is 10.1. The van der Waals surface area contributed by atoms with Gasteiger partial charge in [-0.05, 0) is 12.1 Å². The first-order valence-corrected chi connectivity index (χ1v) is 6.30. The number of ether oxygens (including phenoxy) is 1. The zero-order valence-corrected chi connectivity index (χ0v) is 11.4. The van der Waals surface area contributed by atoms with Crippen molar-refractivity contribution in [3.05, 3.63) is 23.2 Å². The Bertz CT molecular complexity index is 607. The van der Waals surface area contributed by atoms with Gasteiger partial charge in [-0.25, -0.2) is 4.79 Å². The van der Waals surface area contributed by atoms with Crippen molar-refractivity contribution in [2.75, 3.05) is 5.32 Å². The van der Waals surface area contributed by atoms with Crippen molar-refractivity contribution in [3.63, 3.8) is 0 Å². The van der Waals surface area contributed by atoms with Gasteiger partial charge in [0.05, 0.1) is 5.69 Å². The first kappa shape index (κ1) is 14.9. The lowest BCUT2D eigenvalue weighted by molar-refractivity contribution is -0.125. The highest BCUT2D eigenvalue weighted by Gasteiger charge is 2.32. The molecule has 0 fully saturated rings. The third-order valence-electron chi connectivity index (χ3n) is 2.85. The van der Waals surface area contributed by atoms with Crippen molar-refractivity contribution in [2.24, 2.45) is 5.73 Å². The summed E-state index contributed by atoms with van der Waals surface area (Å²) in [5.41, 5.74) is 5.54. The highest BCUT2D eigenvalue weighted by molar-refractivity contribution is 6.30. The molecule has 0 radical (unpaired) electrons. The second-order valence-corrected chi connectivity index (χ2v) is 4.81. The molecule has 2 atom stereocenters. The number of benzene rings is 1. The molecule has 0 saturated heterocycles. The Hall–Kier alpha value is -2.48. The number of hydrogen-bond acceptors (Lipinski definition) is 4. The maximum Gasteiger partial charge on any atom is 0.405 e. The van der Waals surface area contributed by atoms with Gasteiger partial charge in [-0.2, -0.15) is 0 Å². The van der Waals surface area contributed by atoms with Crippen LogP contribution in [-0.4, -0.2) is 35.2 Å². The molecule has 1 unspecified atom stereocenters. The molecular formula is C12H12ClN3O5. The van der Waals surface area contributed by atoms with E-state index in [9.17, 15) is 14.4 Å². The Morgan fingerprint density at radius 2 is 2.24 bits per heavy atom. The Morgan fingerprint density at radius 3 is 2.86 bits per heavy atom. The molecule has 8 nitrogen and oxygen atoms in total. The van der Waals surface area contributed by atoms with Gasteiger partial charge in [-0.15, -0.1) is 0 Å². The van der Waals surface area contributed by atoms with Gasteiger partial charge in [0.1, 0.15) is 11.8 Å². The zero-order chi connectivity index (χ0) is 15.6. The number of carbonyl (C=O) groups excluding carboxylic acids is 2. The summed E-state index contributed by atoms with van der Waals surface area (Å²) < 4.78 is 5.45. The number of primary amides is 1. The normalized spacial score (nSPS) is 18.0. The van der Waals surface area contributed by atoms with E-state index in [-0.39, 0.29) is 6.42 Å². The average molecular weight is 314 g/mol. The van der Waals surface area contributed by atoms with Gasteiger partial charge in [-0.1, -0.05) is 11.6 Å². The first-order chi connectivity index (χ1) is 9.86. The topological polar surface area (TPSA) is 131 Å². The molecule has 0 saturated carbocycles. The Balaban J connectivity index is 2.15. The van der Waals surface area contributed by atoms with Crippen molar-refractivity contribution < 1.29 is 24.2 Å². The van der Waals surface area contributed by atoms with Crippen molar-refractivity contribution in [2.45, 2.75) is 18.6 Å². The van der Waals surface area contributed by atoms with E-state index in [1.165, 1.54) is 6.07 Å². The van der Waals surface area contributed by atoms with E-state index < -0.39 is 30.1 Å². The molecule has 112 valence electrons. The molecular weight excluding hydrogens is 302 g/mol. The van der Waals surface area contributed by atoms with Crippen molar-refractivity contribution in [3.8, 4) is 5.75 Å². The van der Waals surface area contributed by atoms with Gasteiger partial charge in [0.2, 0.25) is 5.91 Å². The molecule has 1 heterocycles. The van der Waals surface area contributed by atoms with Crippen LogP contribution in [0.25, 0.3) is 0 Å². The fraction of sp³-hybridized carbons (Fsp3) is 0.250. The number of amides is 3. The van der Waals surface area contributed by atoms with Crippen LogP contribution in [0, 0.1) is 0 Å². The quantitative estimate of drug-likeness (QED) is 0.644. The summed E-state index contributed by atoms with van der Waals surface area (Å²) in [6, 6.07) is 3.43. The minimum absolute atomic E-state index is 0.223. The Kier molecular flexibility index (Phi) is 4.18. The lowest BCUT2D eigenvalue weighted by Gasteiger charge is -2.27. The minimum atomic E-state index is -1.42. The molecule has 0 spiro atoms. The maximum absolute atomic E-state index is 11.9. The first-order valence-electron chi connectivity index (χ1n) is 5.92. The van der Waals surface area contributed by atoms with Gasteiger partial charge >= 0.3 is 6.09 Å². The largest absolute Gasteiger partial charge is 0.478 e. The van der Waals surface area contributed by atoms with E-state index in [0.717, 1.165) is 0 Å². The fourth-order valence-electron chi connectivity index (χ4n) is 1.88. The number of carboxylic acid groups (broad SMARTS) is 1. The summed E-state index contributed by atoms with van der Waals surface area (Å²) >= 11 is 5.83. The monoisotopic (exact) mass is 313 g/mol. The second-order valence-electron chi connectivity index (χ2n) is 4.38. The third-order valence-corrected chi connectivity index (χ3v) is 3.09. The number of halogens is 1. The van der Waals surface area contributed by atoms with Crippen LogP contribution in [0.4, 0.5) is 10.5 Å². The molecule has 1 aliphatic heterocycles. The molecule has 2 rings (SSSR count). The number of fused-ring (bicyclic) bond motifs is 1. The highest BCUT2D eigenvalue weighted by atomic mass is 35.5. The number of carbonyl (C=O) groups is 3. The van der Waals surface area contributed by atoms with E-state index in [4.69, 9.17) is 27.2 Å². The number of nitrogens with one attached hydrogen (secondary N) is 2. The van der Waals surface area contributed by atoms with Crippen LogP contribution in [0.5, 0.6) is 5.75 Å². The van der Waals surface area contributed by atoms with Gasteiger partial charge in [0, 0.05) is 17.5 Å². The highest BCUT2D eigenvalue weighted by Crippen LogP contribution is 2.33. The van der Waals surface area contributed by atoms with Crippen LogP contribution in [0.2, 0.25) is 5.02 Å². The standard InChI is InChI=1S/C12H12ClN3O5/c13-5-1-2-6-8(3-5)21-9(11(18)15-6)4-7(10(14)17)16-12(19)20/h1-3,7,9,16H,4H2,(H2,14,17)(H,15,18)(H,19,20)/t7?,9-/m0/s1. The summed E-state index contributed by atoms with van der Waals surface area (Å²) in [5, 5.41) is 13.6. The number of hydrogen-bond donors (Lipinski definition) is 4. The third kappa shape index (κ3) is 3.54. The smallest absolute Gasteiger partial charge is 0.405 e. The molecule has 21 heavy (non-hydrogen) atoms. The second kappa shape index (κ2) is 5.88. The van der Waals surface area contributed by atoms with Crippen molar-refractivity contribution in [1.82, 2.24) is 5.32 Å². The van der Waals surface area contributed by atoms with Crippen LogP contribution in [0.1, 0.15) is 6.42 Å². The van der Waals surface area contributed by atoms with E-state index in [1.807, 2.05) is 5.32 Å². The van der Waals surface area contributed by atoms with E-state index in [2.05, 4.69) is 5.32 Å². The summed E-state index contributed by atoms with van der Waals surface area (Å²) in [6.07, 6.45) is -2.70. The molecule has 0 bridgehead atoms. The van der Waals surface area contributed by atoms with E-state index >= 15 is 0 Å². The number of anilines is 1. The summed E-state index contributed by atoms with van der Waals surface area (Å²) in [5.74, 6) is -1.06. The molecule has 0 aromatic heterocycles. The molecule has 0 aliphatic carbocycles. The van der Waals surface area contributed by atoms with Crippen molar-refractivity contribution in [1.29, 1.82) is 0 Å². The van der Waals surface area contributed by atoms with Crippen LogP contribution < -0.4 is 21.1 Å². The van der Waals surface area contributed by atoms with Crippen LogP contribution >= 0.6 is 11.6 Å². The van der Waals surface area contributed by atoms with E-state index in [0.29, 0.717) is 16.5 Å². The molecule has 1 aliphatic rings. The zero-order valence-electron chi connectivity index (χ0n) is 10.6. The Labute approximate surface area is 124 Å². The van der Waals surface area contributed by atoms with Crippen LogP contribution in [0.3, 0.4) is 0 Å². The molecule has 1 aromatic rings. The van der Waals surface area contributed by atoms with E-state index in [1.54, 1.807) is 12.1 Å². The predicted octanol–water partition coefficient (Wildman–Crippen LogP) is 0.551. The Morgan fingerprint density at radius 1 is 1.52 bits per heavy atom. The number of nitrogens with two attached hydrogens (primary N) is 1. The predicted molar refractivity (Wildman–Crippen MR) is 73.3 cm³/mol. The molecule has 1 aromatic carbocycles. The average Bonchev–Trinajstić information content (AvgIpc) is 2.38. The van der Waals surface area contributed by atoms with Gasteiger partial charge < -0.3 is 26.2 Å². The lowest BCUT2D eigenvalue weighted by Crippen LogP contribution is -2.49. The molecule has 9 heteroatoms. The van der Waals surface area contributed by atoms with Gasteiger partial charge in [-0.3, -0.25) is 9.59 Å². The molecule has 3 amide bonds. The van der Waals surface area contributed by atoms with Crippen LogP contribution in [-0.2, 0) is 9.59 Å². The summed E-state index contributed by atoms with van der Waals surface area (Å²) in [6.45, 7) is 0. The van der Waals surface area contributed by atoms with Gasteiger partial charge in [0.15, 0.2) is 6.10 Å². The van der Waals surface area contributed by atoms with Crippen molar-refractivity contribution >= 4 is 35.2 Å². The SMILES string of the molecule is NC(=O)C(C[C@@H]1Oc2cc(Cl)ccc2NC1=O)NC(=O)O. The minimum Gasteiger partial charge on any atom is -0.478 e. The summed E-state index contributed by atoms with van der Waals surface area (Å²) in [4.78, 5) is 33.7. The number of rotatable bonds is 4. The van der Waals surface area contributed by atoms with Gasteiger partial charge in [0.25, 0.3) is 5.91 Å². The maximum atomic E-state index is 11.9. The van der Waals surface area contributed by atoms with Crippen LogP contribution in [0.15, 0.2) is 18.2 Å². The molecule has 5 N–H and O–H groups in total. The summed E-state index contributed by atoms with van der Waals surface area (Å²) in [7, 11) is 0. The fourth-order valence-corrected chi connectivity index (χ4v) is 2.04.